The molecule has 2 aliphatic heterocycles. The van der Waals surface area contributed by atoms with Gasteiger partial charge in [0.05, 0.1) is 13.2 Å². The quantitative estimate of drug-likeness (QED) is 0.845. The molecule has 3 heteroatoms. The van der Waals surface area contributed by atoms with Crippen molar-refractivity contribution in [2.45, 2.75) is 44.6 Å². The first-order chi connectivity index (χ1) is 9.69. The number of nitrogens with zero attached hydrogens (tertiary/aromatic N) is 1. The lowest BCUT2D eigenvalue weighted by Crippen LogP contribution is -2.58. The minimum atomic E-state index is 0.190. The normalized spacial score (nSPS) is 29.2. The minimum Gasteiger partial charge on any atom is -0.497 e. The highest BCUT2D eigenvalue weighted by atomic mass is 16.5. The molecular weight excluding hydrogens is 250 g/mol. The van der Waals surface area contributed by atoms with E-state index in [1.807, 2.05) is 6.07 Å². The van der Waals surface area contributed by atoms with E-state index in [2.05, 4.69) is 30.9 Å². The number of benzene rings is 1. The second-order valence-corrected chi connectivity index (χ2v) is 6.25. The van der Waals surface area contributed by atoms with E-state index in [9.17, 15) is 0 Å². The number of ether oxygens (including phenoxy) is 2. The van der Waals surface area contributed by atoms with Crippen molar-refractivity contribution in [1.82, 2.24) is 4.90 Å². The third kappa shape index (κ3) is 2.08. The Kier molecular flexibility index (Phi) is 3.63. The Bertz CT molecular complexity index is 486. The van der Waals surface area contributed by atoms with Crippen LogP contribution in [0.4, 0.5) is 0 Å². The molecular formula is C17H25NO2. The van der Waals surface area contributed by atoms with Crippen LogP contribution < -0.4 is 9.47 Å². The predicted molar refractivity (Wildman–Crippen MR) is 80.7 cm³/mol. The summed E-state index contributed by atoms with van der Waals surface area (Å²) in [5, 5.41) is 0. The molecule has 1 saturated heterocycles. The van der Waals surface area contributed by atoms with Gasteiger partial charge in [-0.3, -0.25) is 4.90 Å². The fourth-order valence-electron chi connectivity index (χ4n) is 3.91. The van der Waals surface area contributed by atoms with Gasteiger partial charge in [-0.2, -0.15) is 0 Å². The van der Waals surface area contributed by atoms with Crippen LogP contribution in [0.25, 0.3) is 0 Å². The summed E-state index contributed by atoms with van der Waals surface area (Å²) >= 11 is 0. The molecule has 2 atom stereocenters. The lowest BCUT2D eigenvalue weighted by molar-refractivity contribution is 0.0222. The Morgan fingerprint density at radius 2 is 2.30 bits per heavy atom. The first-order valence-electron chi connectivity index (χ1n) is 7.74. The van der Waals surface area contributed by atoms with E-state index in [0.29, 0.717) is 6.04 Å². The topological polar surface area (TPSA) is 21.7 Å². The Morgan fingerprint density at radius 3 is 3.05 bits per heavy atom. The summed E-state index contributed by atoms with van der Waals surface area (Å²) in [6, 6.07) is 6.73. The average molecular weight is 275 g/mol. The van der Waals surface area contributed by atoms with Crippen LogP contribution in [0.2, 0.25) is 0 Å². The van der Waals surface area contributed by atoms with E-state index < -0.39 is 0 Å². The zero-order chi connectivity index (χ0) is 14.2. The van der Waals surface area contributed by atoms with Crippen molar-refractivity contribution >= 4 is 0 Å². The number of piperidine rings is 1. The number of methoxy groups -OCH3 is 1. The minimum absolute atomic E-state index is 0.190. The molecule has 0 amide bonds. The van der Waals surface area contributed by atoms with Gasteiger partial charge in [-0.1, -0.05) is 13.8 Å². The molecule has 2 heterocycles. The van der Waals surface area contributed by atoms with Gasteiger partial charge in [0.2, 0.25) is 0 Å². The van der Waals surface area contributed by atoms with Crippen molar-refractivity contribution in [2.75, 3.05) is 26.8 Å². The smallest absolute Gasteiger partial charge is 0.123 e. The van der Waals surface area contributed by atoms with E-state index in [4.69, 9.17) is 9.47 Å². The maximum atomic E-state index is 6.04. The number of rotatable bonds is 3. The summed E-state index contributed by atoms with van der Waals surface area (Å²) in [6.45, 7) is 7.85. The molecule has 0 N–H and O–H groups in total. The zero-order valence-electron chi connectivity index (χ0n) is 12.8. The van der Waals surface area contributed by atoms with Gasteiger partial charge < -0.3 is 9.47 Å². The lowest BCUT2D eigenvalue weighted by Gasteiger charge is -2.51. The third-order valence-electron chi connectivity index (χ3n) is 5.03. The summed E-state index contributed by atoms with van der Waals surface area (Å²) in [5.74, 6) is 1.98. The van der Waals surface area contributed by atoms with Crippen LogP contribution in [0.5, 0.6) is 11.5 Å². The van der Waals surface area contributed by atoms with Gasteiger partial charge in [-0.15, -0.1) is 0 Å². The number of hydrogen-bond donors (Lipinski definition) is 0. The molecule has 1 aromatic rings. The first kappa shape index (κ1) is 13.7. The number of hydrogen-bond acceptors (Lipinski definition) is 3. The molecule has 3 rings (SSSR count). The van der Waals surface area contributed by atoms with Gasteiger partial charge in [0.1, 0.15) is 18.1 Å². The molecule has 1 fully saturated rings. The van der Waals surface area contributed by atoms with E-state index in [0.717, 1.165) is 18.1 Å². The zero-order valence-corrected chi connectivity index (χ0v) is 12.8. The van der Waals surface area contributed by atoms with Crippen molar-refractivity contribution in [2.24, 2.45) is 0 Å². The van der Waals surface area contributed by atoms with Gasteiger partial charge in [0.25, 0.3) is 0 Å². The molecule has 0 saturated carbocycles. The van der Waals surface area contributed by atoms with E-state index in [1.54, 1.807) is 7.11 Å². The molecule has 1 aromatic carbocycles. The molecule has 0 radical (unpaired) electrons. The second kappa shape index (κ2) is 5.28. The SMILES string of the molecule is CCCN1CCC[C@]2(C)c3cc(OC)ccc3OC[C@@H]12. The van der Waals surface area contributed by atoms with Crippen LogP contribution >= 0.6 is 0 Å². The average Bonchev–Trinajstić information content (AvgIpc) is 2.47. The summed E-state index contributed by atoms with van der Waals surface area (Å²) in [7, 11) is 1.73. The van der Waals surface area contributed by atoms with E-state index >= 15 is 0 Å². The molecule has 20 heavy (non-hydrogen) atoms. The standard InChI is InChI=1S/C17H25NO2/c1-4-9-18-10-5-8-17(2)14-11-13(19-3)6-7-15(14)20-12-16(17)18/h6-7,11,16H,4-5,8-10,12H2,1-3H3/t16-,17-/m1/s1. The summed E-state index contributed by atoms with van der Waals surface area (Å²) in [5.41, 5.74) is 1.52. The molecule has 3 nitrogen and oxygen atoms in total. The fraction of sp³-hybridized carbons (Fsp3) is 0.647. The van der Waals surface area contributed by atoms with E-state index in [-0.39, 0.29) is 5.41 Å². The van der Waals surface area contributed by atoms with Crippen molar-refractivity contribution < 1.29 is 9.47 Å². The monoisotopic (exact) mass is 275 g/mol. The molecule has 0 spiro atoms. The second-order valence-electron chi connectivity index (χ2n) is 6.25. The van der Waals surface area contributed by atoms with E-state index in [1.165, 1.54) is 37.9 Å². The highest BCUT2D eigenvalue weighted by molar-refractivity contribution is 5.47. The molecule has 110 valence electrons. The van der Waals surface area contributed by atoms with Crippen LogP contribution in [0.1, 0.15) is 38.7 Å². The van der Waals surface area contributed by atoms with Crippen LogP contribution in [-0.2, 0) is 5.41 Å². The molecule has 0 unspecified atom stereocenters. The van der Waals surface area contributed by atoms with Crippen LogP contribution in [-0.4, -0.2) is 37.7 Å². The molecule has 0 aliphatic carbocycles. The summed E-state index contributed by atoms with van der Waals surface area (Å²) in [4.78, 5) is 2.62. The van der Waals surface area contributed by atoms with Crippen molar-refractivity contribution in [3.63, 3.8) is 0 Å². The van der Waals surface area contributed by atoms with Crippen LogP contribution in [0.3, 0.4) is 0 Å². The Labute approximate surface area is 121 Å². The van der Waals surface area contributed by atoms with Gasteiger partial charge in [-0.05, 0) is 50.6 Å². The highest BCUT2D eigenvalue weighted by Gasteiger charge is 2.46. The molecule has 0 aromatic heterocycles. The Morgan fingerprint density at radius 1 is 1.45 bits per heavy atom. The number of fused-ring (bicyclic) bond motifs is 3. The summed E-state index contributed by atoms with van der Waals surface area (Å²) < 4.78 is 11.4. The van der Waals surface area contributed by atoms with Gasteiger partial charge in [0, 0.05) is 11.0 Å². The molecule has 0 bridgehead atoms. The Hall–Kier alpha value is -1.22. The fourth-order valence-corrected chi connectivity index (χ4v) is 3.91. The predicted octanol–water partition coefficient (Wildman–Crippen LogP) is 3.22. The molecule has 2 aliphatic rings. The van der Waals surface area contributed by atoms with Gasteiger partial charge in [-0.25, -0.2) is 0 Å². The third-order valence-corrected chi connectivity index (χ3v) is 5.03. The van der Waals surface area contributed by atoms with Crippen molar-refractivity contribution in [3.05, 3.63) is 23.8 Å². The highest BCUT2D eigenvalue weighted by Crippen LogP contribution is 2.47. The maximum absolute atomic E-state index is 6.04. The van der Waals surface area contributed by atoms with Crippen LogP contribution in [0, 0.1) is 0 Å². The van der Waals surface area contributed by atoms with Gasteiger partial charge in [0.15, 0.2) is 0 Å². The van der Waals surface area contributed by atoms with Crippen LogP contribution in [0.15, 0.2) is 18.2 Å². The lowest BCUT2D eigenvalue weighted by atomic mass is 9.68. The maximum Gasteiger partial charge on any atom is 0.123 e. The summed E-state index contributed by atoms with van der Waals surface area (Å²) in [6.07, 6.45) is 3.71. The largest absolute Gasteiger partial charge is 0.497 e. The first-order valence-corrected chi connectivity index (χ1v) is 7.74. The van der Waals surface area contributed by atoms with Gasteiger partial charge >= 0.3 is 0 Å². The Balaban J connectivity index is 2.00. The van der Waals surface area contributed by atoms with Crippen molar-refractivity contribution in [3.8, 4) is 11.5 Å². The van der Waals surface area contributed by atoms with Crippen molar-refractivity contribution in [1.29, 1.82) is 0 Å². The number of likely N-dealkylation sites (tertiary alicyclic amines) is 1.